The fraction of sp³-hybridized carbons (Fsp3) is 0.294. The van der Waals surface area contributed by atoms with Crippen LogP contribution in [0.25, 0.3) is 0 Å². The Morgan fingerprint density at radius 1 is 1.09 bits per heavy atom. The number of pyridine rings is 1. The van der Waals surface area contributed by atoms with Crippen LogP contribution in [-0.2, 0) is 0 Å². The van der Waals surface area contributed by atoms with Crippen molar-refractivity contribution in [2.45, 2.75) is 19.3 Å². The van der Waals surface area contributed by atoms with Crippen LogP contribution < -0.4 is 10.2 Å². The Labute approximate surface area is 145 Å². The van der Waals surface area contributed by atoms with Crippen LogP contribution in [0.4, 0.5) is 11.4 Å². The van der Waals surface area contributed by atoms with Crippen molar-refractivity contribution in [2.24, 2.45) is 0 Å². The number of hydrogen-bond acceptors (Lipinski definition) is 3. The Kier molecular flexibility index (Phi) is 5.03. The van der Waals surface area contributed by atoms with Gasteiger partial charge in [0.1, 0.15) is 5.69 Å². The van der Waals surface area contributed by atoms with E-state index >= 15 is 0 Å². The van der Waals surface area contributed by atoms with E-state index in [4.69, 9.17) is 23.2 Å². The van der Waals surface area contributed by atoms with Crippen LogP contribution in [0.2, 0.25) is 10.0 Å². The Bertz CT molecular complexity index is 697. The minimum atomic E-state index is -0.306. The number of aromatic nitrogens is 1. The molecule has 6 heteroatoms. The number of anilines is 2. The van der Waals surface area contributed by atoms with Gasteiger partial charge in [0.25, 0.3) is 5.91 Å². The fourth-order valence-electron chi connectivity index (χ4n) is 2.64. The molecule has 0 atom stereocenters. The fourth-order valence-corrected chi connectivity index (χ4v) is 2.98. The molecule has 0 spiro atoms. The number of piperidine rings is 1. The van der Waals surface area contributed by atoms with Gasteiger partial charge in [0.2, 0.25) is 0 Å². The third kappa shape index (κ3) is 3.95. The molecule has 0 saturated carbocycles. The summed E-state index contributed by atoms with van der Waals surface area (Å²) in [6.07, 6.45) is 5.44. The van der Waals surface area contributed by atoms with Crippen molar-refractivity contribution < 1.29 is 4.79 Å². The monoisotopic (exact) mass is 349 g/mol. The van der Waals surface area contributed by atoms with Gasteiger partial charge >= 0.3 is 0 Å². The van der Waals surface area contributed by atoms with Gasteiger partial charge in [-0.25, -0.2) is 4.98 Å². The van der Waals surface area contributed by atoms with Crippen LogP contribution in [0.3, 0.4) is 0 Å². The predicted molar refractivity (Wildman–Crippen MR) is 94.7 cm³/mol. The van der Waals surface area contributed by atoms with Crippen LogP contribution >= 0.6 is 23.2 Å². The number of carbonyl (C=O) groups excluding carboxylic acids is 1. The van der Waals surface area contributed by atoms with Gasteiger partial charge in [-0.05, 0) is 49.6 Å². The van der Waals surface area contributed by atoms with Crippen LogP contribution in [0.5, 0.6) is 0 Å². The van der Waals surface area contributed by atoms with Crippen molar-refractivity contribution in [3.8, 4) is 0 Å². The summed E-state index contributed by atoms with van der Waals surface area (Å²) < 4.78 is 0. The molecule has 4 nitrogen and oxygen atoms in total. The molecule has 2 aromatic rings. The van der Waals surface area contributed by atoms with Crippen LogP contribution in [0.1, 0.15) is 29.8 Å². The molecule has 1 amide bonds. The first-order valence-electron chi connectivity index (χ1n) is 7.61. The van der Waals surface area contributed by atoms with E-state index in [0.717, 1.165) is 18.8 Å². The van der Waals surface area contributed by atoms with Gasteiger partial charge in [-0.1, -0.05) is 23.2 Å². The lowest BCUT2D eigenvalue weighted by atomic mass is 10.1. The molecule has 120 valence electrons. The maximum atomic E-state index is 12.3. The topological polar surface area (TPSA) is 45.2 Å². The Balaban J connectivity index is 1.71. The molecule has 1 aliphatic heterocycles. The van der Waals surface area contributed by atoms with Crippen LogP contribution in [-0.4, -0.2) is 24.0 Å². The molecular formula is C17H17Cl2N3O. The number of amides is 1. The number of hydrogen-bond donors (Lipinski definition) is 1. The SMILES string of the molecule is O=C(Nc1cc(Cl)ccc1Cl)c1ccc(N2CCCCC2)cn1. The summed E-state index contributed by atoms with van der Waals surface area (Å²) in [5, 5.41) is 3.68. The average Bonchev–Trinajstić information content (AvgIpc) is 2.59. The molecule has 1 aromatic carbocycles. The van der Waals surface area contributed by atoms with E-state index in [1.165, 1.54) is 19.3 Å². The normalized spacial score (nSPS) is 14.6. The second-order valence-electron chi connectivity index (χ2n) is 5.53. The van der Waals surface area contributed by atoms with E-state index in [2.05, 4.69) is 15.2 Å². The molecule has 1 fully saturated rings. The van der Waals surface area contributed by atoms with E-state index in [0.29, 0.717) is 21.4 Å². The zero-order chi connectivity index (χ0) is 16.2. The zero-order valence-corrected chi connectivity index (χ0v) is 14.1. The summed E-state index contributed by atoms with van der Waals surface area (Å²) in [6, 6.07) is 8.60. The molecule has 1 aliphatic rings. The van der Waals surface area contributed by atoms with Crippen molar-refractivity contribution in [2.75, 3.05) is 23.3 Å². The van der Waals surface area contributed by atoms with Gasteiger partial charge in [-0.3, -0.25) is 4.79 Å². The number of carbonyl (C=O) groups is 1. The van der Waals surface area contributed by atoms with Gasteiger partial charge < -0.3 is 10.2 Å². The molecule has 1 saturated heterocycles. The Morgan fingerprint density at radius 3 is 2.57 bits per heavy atom. The molecule has 23 heavy (non-hydrogen) atoms. The lowest BCUT2D eigenvalue weighted by Crippen LogP contribution is -2.29. The molecule has 0 aliphatic carbocycles. The standard InChI is InChI=1S/C17H17Cl2N3O/c18-12-4-6-14(19)16(10-12)21-17(23)15-7-5-13(11-20-15)22-8-2-1-3-9-22/h4-7,10-11H,1-3,8-9H2,(H,21,23). The van der Waals surface area contributed by atoms with Gasteiger partial charge in [0, 0.05) is 18.1 Å². The third-order valence-corrected chi connectivity index (χ3v) is 4.44. The number of nitrogens with one attached hydrogen (secondary N) is 1. The predicted octanol–water partition coefficient (Wildman–Crippen LogP) is 4.63. The summed E-state index contributed by atoms with van der Waals surface area (Å²) in [7, 11) is 0. The molecule has 0 unspecified atom stereocenters. The number of rotatable bonds is 3. The number of benzene rings is 1. The summed E-state index contributed by atoms with van der Waals surface area (Å²) in [4.78, 5) is 18.8. The summed E-state index contributed by atoms with van der Waals surface area (Å²) in [5.74, 6) is -0.306. The summed E-state index contributed by atoms with van der Waals surface area (Å²) in [6.45, 7) is 2.09. The maximum absolute atomic E-state index is 12.3. The molecular weight excluding hydrogens is 333 g/mol. The molecule has 3 rings (SSSR count). The Hall–Kier alpha value is -1.78. The summed E-state index contributed by atoms with van der Waals surface area (Å²) in [5.41, 5.74) is 1.88. The van der Waals surface area contributed by atoms with Gasteiger partial charge in [0.15, 0.2) is 0 Å². The summed E-state index contributed by atoms with van der Waals surface area (Å²) >= 11 is 12.0. The van der Waals surface area contributed by atoms with Crippen molar-refractivity contribution in [3.05, 3.63) is 52.3 Å². The molecule has 1 N–H and O–H groups in total. The van der Waals surface area contributed by atoms with E-state index in [-0.39, 0.29) is 5.91 Å². The van der Waals surface area contributed by atoms with Crippen LogP contribution in [0, 0.1) is 0 Å². The highest BCUT2D eigenvalue weighted by atomic mass is 35.5. The highest BCUT2D eigenvalue weighted by Gasteiger charge is 2.14. The lowest BCUT2D eigenvalue weighted by Gasteiger charge is -2.28. The largest absolute Gasteiger partial charge is 0.370 e. The number of halogens is 2. The first-order chi connectivity index (χ1) is 11.1. The minimum Gasteiger partial charge on any atom is -0.370 e. The lowest BCUT2D eigenvalue weighted by molar-refractivity contribution is 0.102. The smallest absolute Gasteiger partial charge is 0.274 e. The van der Waals surface area contributed by atoms with E-state index in [1.54, 1.807) is 30.5 Å². The maximum Gasteiger partial charge on any atom is 0.274 e. The van der Waals surface area contributed by atoms with Gasteiger partial charge in [0.05, 0.1) is 22.6 Å². The highest BCUT2D eigenvalue weighted by Crippen LogP contribution is 2.26. The van der Waals surface area contributed by atoms with E-state index in [1.807, 2.05) is 6.07 Å². The van der Waals surface area contributed by atoms with Crippen molar-refractivity contribution in [3.63, 3.8) is 0 Å². The van der Waals surface area contributed by atoms with Crippen molar-refractivity contribution in [1.29, 1.82) is 0 Å². The average molecular weight is 350 g/mol. The van der Waals surface area contributed by atoms with Gasteiger partial charge in [-0.2, -0.15) is 0 Å². The first-order valence-corrected chi connectivity index (χ1v) is 8.36. The van der Waals surface area contributed by atoms with Crippen LogP contribution in [0.15, 0.2) is 36.5 Å². The Morgan fingerprint density at radius 2 is 1.87 bits per heavy atom. The van der Waals surface area contributed by atoms with E-state index in [9.17, 15) is 4.79 Å². The second kappa shape index (κ2) is 7.20. The minimum absolute atomic E-state index is 0.306. The van der Waals surface area contributed by atoms with Crippen molar-refractivity contribution >= 4 is 40.5 Å². The van der Waals surface area contributed by atoms with Gasteiger partial charge in [-0.15, -0.1) is 0 Å². The molecule has 2 heterocycles. The first kappa shape index (κ1) is 16.1. The third-order valence-electron chi connectivity index (χ3n) is 3.88. The quantitative estimate of drug-likeness (QED) is 0.878. The van der Waals surface area contributed by atoms with Crippen molar-refractivity contribution in [1.82, 2.24) is 4.98 Å². The zero-order valence-electron chi connectivity index (χ0n) is 12.6. The second-order valence-corrected chi connectivity index (χ2v) is 6.37. The van der Waals surface area contributed by atoms with E-state index < -0.39 is 0 Å². The highest BCUT2D eigenvalue weighted by molar-refractivity contribution is 6.35. The molecule has 0 radical (unpaired) electrons. The number of nitrogens with zero attached hydrogens (tertiary/aromatic N) is 2. The molecule has 0 bridgehead atoms. The molecule has 1 aromatic heterocycles.